The van der Waals surface area contributed by atoms with Crippen molar-refractivity contribution >= 4 is 28.6 Å². The van der Waals surface area contributed by atoms with E-state index in [1.807, 2.05) is 56.3 Å². The van der Waals surface area contributed by atoms with Gasteiger partial charge in [-0.2, -0.15) is 0 Å². The lowest BCUT2D eigenvalue weighted by Gasteiger charge is -2.11. The molecule has 0 fully saturated rings. The van der Waals surface area contributed by atoms with Crippen LogP contribution >= 0.6 is 11.3 Å². The van der Waals surface area contributed by atoms with Gasteiger partial charge in [0.25, 0.3) is 0 Å². The van der Waals surface area contributed by atoms with Gasteiger partial charge in [-0.1, -0.05) is 38.1 Å². The summed E-state index contributed by atoms with van der Waals surface area (Å²) in [7, 11) is 0. The lowest BCUT2D eigenvalue weighted by Crippen LogP contribution is -2.13. The van der Waals surface area contributed by atoms with Gasteiger partial charge in [0.05, 0.1) is 0 Å². The lowest BCUT2D eigenvalue weighted by atomic mass is 10.1. The van der Waals surface area contributed by atoms with E-state index in [-0.39, 0.29) is 5.91 Å². The molecule has 0 atom stereocenters. The zero-order valence-electron chi connectivity index (χ0n) is 16.3. The van der Waals surface area contributed by atoms with E-state index >= 15 is 0 Å². The summed E-state index contributed by atoms with van der Waals surface area (Å²) in [5, 5.41) is 8.40. The summed E-state index contributed by atoms with van der Waals surface area (Å²) >= 11 is 1.70. The Bertz CT molecular complexity index is 874. The van der Waals surface area contributed by atoms with Gasteiger partial charge in [-0.25, -0.2) is 0 Å². The van der Waals surface area contributed by atoms with E-state index < -0.39 is 0 Å². The Labute approximate surface area is 170 Å². The molecule has 0 unspecified atom stereocenters. The quantitative estimate of drug-likeness (QED) is 0.473. The molecular weight excluding hydrogens is 368 g/mol. The fraction of sp³-hybridized carbons (Fsp3) is 0.261. The van der Waals surface area contributed by atoms with Crippen LogP contribution in [0.4, 0.5) is 11.4 Å². The van der Waals surface area contributed by atoms with Crippen molar-refractivity contribution in [1.29, 1.82) is 0 Å². The summed E-state index contributed by atoms with van der Waals surface area (Å²) in [6.07, 6.45) is 0.526. The first kappa shape index (κ1) is 20.0. The Morgan fingerprint density at radius 3 is 2.54 bits per heavy atom. The Morgan fingerprint density at radius 2 is 1.82 bits per heavy atom. The molecule has 0 bridgehead atoms. The third-order valence-corrected chi connectivity index (χ3v) is 4.97. The number of hydrogen-bond acceptors (Lipinski definition) is 4. The molecule has 1 amide bonds. The van der Waals surface area contributed by atoms with Gasteiger partial charge < -0.3 is 15.4 Å². The first-order valence-electron chi connectivity index (χ1n) is 9.46. The number of amides is 1. The highest BCUT2D eigenvalue weighted by Gasteiger charge is 2.05. The van der Waals surface area contributed by atoms with E-state index in [1.54, 1.807) is 11.3 Å². The smallest absolute Gasteiger partial charge is 0.224 e. The minimum Gasteiger partial charge on any atom is -0.488 e. The summed E-state index contributed by atoms with van der Waals surface area (Å²) in [6, 6.07) is 20.0. The number of hydrogen-bond donors (Lipinski definition) is 2. The van der Waals surface area contributed by atoms with E-state index in [9.17, 15) is 4.79 Å². The number of carbonyl (C=O) groups is 1. The van der Waals surface area contributed by atoms with Crippen LogP contribution in [0.5, 0.6) is 5.75 Å². The van der Waals surface area contributed by atoms with Gasteiger partial charge in [0.1, 0.15) is 12.4 Å². The monoisotopic (exact) mass is 394 g/mol. The zero-order valence-corrected chi connectivity index (χ0v) is 17.1. The average molecular weight is 395 g/mol. The van der Waals surface area contributed by atoms with Crippen molar-refractivity contribution in [2.75, 3.05) is 10.6 Å². The summed E-state index contributed by atoms with van der Waals surface area (Å²) < 4.78 is 5.80. The first-order valence-corrected chi connectivity index (χ1v) is 10.3. The minimum absolute atomic E-state index is 0.0466. The van der Waals surface area contributed by atoms with Gasteiger partial charge in [0.15, 0.2) is 0 Å². The molecule has 0 aliphatic carbocycles. The largest absolute Gasteiger partial charge is 0.488 e. The molecule has 0 saturated carbocycles. The van der Waals surface area contributed by atoms with Crippen LogP contribution < -0.4 is 15.4 Å². The van der Waals surface area contributed by atoms with Crippen molar-refractivity contribution in [3.05, 3.63) is 76.5 Å². The van der Waals surface area contributed by atoms with Crippen molar-refractivity contribution < 1.29 is 9.53 Å². The number of anilines is 2. The molecule has 28 heavy (non-hydrogen) atoms. The van der Waals surface area contributed by atoms with E-state index in [0.717, 1.165) is 22.7 Å². The Hall–Kier alpha value is -2.79. The molecule has 4 nitrogen and oxygen atoms in total. The molecule has 146 valence electrons. The molecule has 1 aromatic heterocycles. The van der Waals surface area contributed by atoms with Crippen molar-refractivity contribution in [3.8, 4) is 5.75 Å². The summed E-state index contributed by atoms with van der Waals surface area (Å²) in [5.41, 5.74) is 2.95. The van der Waals surface area contributed by atoms with E-state index in [2.05, 4.69) is 34.2 Å². The SMILES string of the molecule is CC(C)CC(=O)Nc1cccc(NCc2ccc(OCc3cccs3)cc2)c1. The Balaban J connectivity index is 1.49. The van der Waals surface area contributed by atoms with Crippen molar-refractivity contribution in [2.24, 2.45) is 5.92 Å². The molecule has 2 N–H and O–H groups in total. The first-order chi connectivity index (χ1) is 13.6. The summed E-state index contributed by atoms with van der Waals surface area (Å²) in [4.78, 5) is 13.1. The lowest BCUT2D eigenvalue weighted by molar-refractivity contribution is -0.116. The van der Waals surface area contributed by atoms with Gasteiger partial charge in [-0.15, -0.1) is 11.3 Å². The maximum atomic E-state index is 11.9. The number of benzene rings is 2. The second-order valence-corrected chi connectivity index (χ2v) is 8.12. The molecule has 1 heterocycles. The number of carbonyl (C=O) groups excluding carboxylic acids is 1. The van der Waals surface area contributed by atoms with Crippen molar-refractivity contribution in [2.45, 2.75) is 33.4 Å². The number of thiophene rings is 1. The third kappa shape index (κ3) is 6.43. The zero-order chi connectivity index (χ0) is 19.8. The highest BCUT2D eigenvalue weighted by Crippen LogP contribution is 2.19. The molecule has 0 aliphatic heterocycles. The highest BCUT2D eigenvalue weighted by molar-refractivity contribution is 7.09. The van der Waals surface area contributed by atoms with Crippen LogP contribution in [-0.4, -0.2) is 5.91 Å². The molecule has 0 radical (unpaired) electrons. The number of ether oxygens (including phenoxy) is 1. The van der Waals surface area contributed by atoms with Crippen LogP contribution in [0.3, 0.4) is 0 Å². The van der Waals surface area contributed by atoms with E-state index in [4.69, 9.17) is 4.74 Å². The van der Waals surface area contributed by atoms with Gasteiger partial charge in [-0.05, 0) is 53.3 Å². The molecular formula is C23H26N2O2S. The number of nitrogens with one attached hydrogen (secondary N) is 2. The maximum Gasteiger partial charge on any atom is 0.224 e. The topological polar surface area (TPSA) is 50.4 Å². The second-order valence-electron chi connectivity index (χ2n) is 7.09. The van der Waals surface area contributed by atoms with Gasteiger partial charge in [0.2, 0.25) is 5.91 Å². The summed E-state index contributed by atoms with van der Waals surface area (Å²) in [5.74, 6) is 1.26. The number of rotatable bonds is 9. The van der Waals surface area contributed by atoms with Crippen LogP contribution in [0.25, 0.3) is 0 Å². The minimum atomic E-state index is 0.0466. The Morgan fingerprint density at radius 1 is 1.04 bits per heavy atom. The molecule has 0 spiro atoms. The predicted octanol–water partition coefficient (Wildman–Crippen LogP) is 5.92. The fourth-order valence-corrected chi connectivity index (χ4v) is 3.36. The third-order valence-electron chi connectivity index (χ3n) is 4.12. The molecule has 2 aromatic carbocycles. The summed E-state index contributed by atoms with van der Waals surface area (Å²) in [6.45, 7) is 5.38. The Kier molecular flexibility index (Phi) is 7.09. The van der Waals surface area contributed by atoms with E-state index in [1.165, 1.54) is 4.88 Å². The van der Waals surface area contributed by atoms with Crippen LogP contribution in [0.1, 0.15) is 30.7 Å². The van der Waals surface area contributed by atoms with Gasteiger partial charge in [0, 0.05) is 29.2 Å². The maximum absolute atomic E-state index is 11.9. The average Bonchev–Trinajstić information content (AvgIpc) is 3.19. The second kappa shape index (κ2) is 9.95. The van der Waals surface area contributed by atoms with Crippen LogP contribution in [0, 0.1) is 5.92 Å². The van der Waals surface area contributed by atoms with Crippen LogP contribution in [-0.2, 0) is 17.9 Å². The molecule has 3 aromatic rings. The molecule has 5 heteroatoms. The standard InChI is InChI=1S/C23H26N2O2S/c1-17(2)13-23(26)25-20-6-3-5-19(14-20)24-15-18-8-10-21(11-9-18)27-16-22-7-4-12-28-22/h3-12,14,17,24H,13,15-16H2,1-2H3,(H,25,26). The molecule has 0 saturated heterocycles. The van der Waals surface area contributed by atoms with Gasteiger partial charge in [-0.3, -0.25) is 4.79 Å². The van der Waals surface area contributed by atoms with E-state index in [0.29, 0.717) is 25.5 Å². The molecule has 0 aliphatic rings. The predicted molar refractivity (Wildman–Crippen MR) is 117 cm³/mol. The normalized spacial score (nSPS) is 10.7. The van der Waals surface area contributed by atoms with Gasteiger partial charge >= 0.3 is 0 Å². The van der Waals surface area contributed by atoms with Crippen molar-refractivity contribution in [3.63, 3.8) is 0 Å². The van der Waals surface area contributed by atoms with Crippen molar-refractivity contribution in [1.82, 2.24) is 0 Å². The van der Waals surface area contributed by atoms with Crippen LogP contribution in [0.15, 0.2) is 66.0 Å². The van der Waals surface area contributed by atoms with Crippen LogP contribution in [0.2, 0.25) is 0 Å². The fourth-order valence-electron chi connectivity index (χ4n) is 2.75. The molecule has 3 rings (SSSR count). The highest BCUT2D eigenvalue weighted by atomic mass is 32.1.